The minimum atomic E-state index is 0.00634. The summed E-state index contributed by atoms with van der Waals surface area (Å²) in [6.45, 7) is 26.5. The van der Waals surface area contributed by atoms with Crippen LogP contribution in [-0.4, -0.2) is 24.4 Å². The van der Waals surface area contributed by atoms with Crippen molar-refractivity contribution in [1.82, 2.24) is 0 Å². The van der Waals surface area contributed by atoms with E-state index in [4.69, 9.17) is 9.47 Å². The van der Waals surface area contributed by atoms with Crippen molar-refractivity contribution in [2.75, 3.05) is 14.2 Å². The third kappa shape index (κ3) is 26.3. The summed E-state index contributed by atoms with van der Waals surface area (Å²) in [6, 6.07) is 0. The summed E-state index contributed by atoms with van der Waals surface area (Å²) < 4.78 is 10.5. The predicted molar refractivity (Wildman–Crippen MR) is 278 cm³/mol. The molecule has 0 aliphatic heterocycles. The molecule has 0 aromatic heterocycles. The van der Waals surface area contributed by atoms with Crippen molar-refractivity contribution >= 4 is 0 Å². The maximum atomic E-state index is 10.7. The van der Waals surface area contributed by atoms with E-state index in [1.54, 1.807) is 6.92 Å². The van der Waals surface area contributed by atoms with E-state index in [2.05, 4.69) is 137 Å². The number of rotatable bonds is 31. The highest BCUT2D eigenvalue weighted by Crippen LogP contribution is 2.48. The van der Waals surface area contributed by atoms with Crippen LogP contribution in [0.25, 0.3) is 0 Å². The predicted octanol–water partition coefficient (Wildman–Crippen LogP) is 18.5. The molecule has 0 saturated heterocycles. The van der Waals surface area contributed by atoms with Crippen LogP contribution in [0.1, 0.15) is 203 Å². The Labute approximate surface area is 388 Å². The quantitative estimate of drug-likeness (QED) is 0.0577. The Bertz CT molecular complexity index is 1840. The van der Waals surface area contributed by atoms with Crippen LogP contribution in [0.5, 0.6) is 23.0 Å². The number of phenolic OH excluding ortho intramolecular Hbond substituents is 2. The summed E-state index contributed by atoms with van der Waals surface area (Å²) in [7, 11) is 2.91. The maximum Gasteiger partial charge on any atom is 0.207 e. The number of hydrogen-bond donors (Lipinski definition) is 2. The molecule has 1 aromatic rings. The molecule has 0 aliphatic carbocycles. The molecule has 0 unspecified atom stereocenters. The molecule has 4 heteroatoms. The Morgan fingerprint density at radius 3 is 0.810 bits per heavy atom. The van der Waals surface area contributed by atoms with Gasteiger partial charge in [-0.05, 0) is 205 Å². The normalized spacial score (nSPS) is 14.2. The second-order valence-electron chi connectivity index (χ2n) is 18.7. The van der Waals surface area contributed by atoms with Crippen LogP contribution in [0, 0.1) is 6.92 Å². The molecule has 63 heavy (non-hydrogen) atoms. The van der Waals surface area contributed by atoms with Crippen LogP contribution in [0.3, 0.4) is 0 Å². The summed E-state index contributed by atoms with van der Waals surface area (Å²) in [5, 5.41) is 21.3. The first-order valence-electron chi connectivity index (χ1n) is 24.2. The second-order valence-corrected chi connectivity index (χ2v) is 18.7. The van der Waals surface area contributed by atoms with Gasteiger partial charge in [0.05, 0.1) is 14.2 Å². The first-order chi connectivity index (χ1) is 30.0. The van der Waals surface area contributed by atoms with E-state index in [1.807, 2.05) is 0 Å². The third-order valence-electron chi connectivity index (χ3n) is 12.1. The van der Waals surface area contributed by atoms with Gasteiger partial charge in [0.1, 0.15) is 0 Å². The minimum Gasteiger partial charge on any atom is -0.504 e. The molecule has 0 heterocycles. The van der Waals surface area contributed by atoms with Crippen LogP contribution in [0.2, 0.25) is 0 Å². The number of ether oxygens (including phenoxy) is 2. The fourth-order valence-electron chi connectivity index (χ4n) is 7.62. The van der Waals surface area contributed by atoms with E-state index in [1.165, 1.54) is 89.2 Å². The number of phenols is 2. The zero-order valence-corrected chi connectivity index (χ0v) is 42.9. The van der Waals surface area contributed by atoms with Crippen molar-refractivity contribution in [2.24, 2.45) is 0 Å². The SMILES string of the molecule is COc1c(O)c(C)c(C/C=C(\C)CC/C=C(\C)CC/C=C(\C)CC/C=C(\C)CC/C=C(\C)CC/C=C(\C)CC/C=C(\C)CC/C=C(\C)CC/C=C(/C)CCC=C(C)C)c(O)c1OC. The number of aromatic hydroxyl groups is 2. The van der Waals surface area contributed by atoms with E-state index in [0.29, 0.717) is 17.5 Å². The molecule has 0 fully saturated rings. The van der Waals surface area contributed by atoms with Gasteiger partial charge in [0.25, 0.3) is 0 Å². The van der Waals surface area contributed by atoms with E-state index in [-0.39, 0.29) is 23.0 Å². The summed E-state index contributed by atoms with van der Waals surface area (Å²) in [6.07, 6.45) is 44.6. The van der Waals surface area contributed by atoms with Gasteiger partial charge in [-0.3, -0.25) is 0 Å². The lowest BCUT2D eigenvalue weighted by molar-refractivity contribution is 0.314. The molecule has 4 nitrogen and oxygen atoms in total. The van der Waals surface area contributed by atoms with Crippen LogP contribution in [0.4, 0.5) is 0 Å². The van der Waals surface area contributed by atoms with Gasteiger partial charge in [-0.15, -0.1) is 0 Å². The maximum absolute atomic E-state index is 10.7. The van der Waals surface area contributed by atoms with Crippen molar-refractivity contribution in [2.45, 2.75) is 205 Å². The minimum absolute atomic E-state index is 0.00634. The van der Waals surface area contributed by atoms with Gasteiger partial charge in [0.15, 0.2) is 11.5 Å². The number of methoxy groups -OCH3 is 2. The summed E-state index contributed by atoms with van der Waals surface area (Å²) in [5.41, 5.74) is 15.9. The average Bonchev–Trinajstić information content (AvgIpc) is 3.21. The highest BCUT2D eigenvalue weighted by Gasteiger charge is 2.22. The molecule has 1 rings (SSSR count). The number of benzene rings is 1. The molecule has 352 valence electrons. The fourth-order valence-corrected chi connectivity index (χ4v) is 7.62. The van der Waals surface area contributed by atoms with Crippen molar-refractivity contribution in [3.05, 3.63) is 128 Å². The van der Waals surface area contributed by atoms with Gasteiger partial charge in [0, 0.05) is 11.1 Å². The Balaban J connectivity index is 2.32. The topological polar surface area (TPSA) is 58.9 Å². The number of hydrogen-bond acceptors (Lipinski definition) is 4. The molecule has 0 radical (unpaired) electrons. The average molecular weight is 865 g/mol. The second kappa shape index (κ2) is 33.3. The highest BCUT2D eigenvalue weighted by atomic mass is 16.5. The van der Waals surface area contributed by atoms with Crippen molar-refractivity contribution < 1.29 is 19.7 Å². The molecule has 0 saturated carbocycles. The van der Waals surface area contributed by atoms with Gasteiger partial charge in [-0.1, -0.05) is 116 Å². The van der Waals surface area contributed by atoms with Crippen LogP contribution >= 0.6 is 0 Å². The van der Waals surface area contributed by atoms with Gasteiger partial charge >= 0.3 is 0 Å². The molecular formula is C59H92O4. The first kappa shape index (κ1) is 56.8. The van der Waals surface area contributed by atoms with Gasteiger partial charge < -0.3 is 19.7 Å². The summed E-state index contributed by atoms with van der Waals surface area (Å²) >= 11 is 0. The molecule has 2 N–H and O–H groups in total. The largest absolute Gasteiger partial charge is 0.504 e. The molecular weight excluding hydrogens is 773 g/mol. The summed E-state index contributed by atoms with van der Waals surface area (Å²) in [4.78, 5) is 0. The Hall–Kier alpha value is -4.18. The monoisotopic (exact) mass is 865 g/mol. The van der Waals surface area contributed by atoms with E-state index >= 15 is 0 Å². The van der Waals surface area contributed by atoms with Crippen molar-refractivity contribution in [3.63, 3.8) is 0 Å². The van der Waals surface area contributed by atoms with Crippen molar-refractivity contribution in [3.8, 4) is 23.0 Å². The standard InChI is InChI=1S/C59H92O4/c1-44(2)24-15-25-45(3)26-16-27-46(4)28-17-29-47(5)30-18-31-48(6)32-19-33-49(7)34-20-35-50(8)36-21-37-51(9)38-22-39-52(10)40-23-41-53(11)42-43-55-54(12)56(60)58(62-13)59(63-14)57(55)61/h24,26,28,30,32,34,36,38,40,42,60-61H,15-23,25,27,29,31,33,35,37,39,41,43H2,1-14H3/b45-26-,46-28+,47-30+,48-32+,49-34+,50-36+,51-38+,52-40+,53-42+. The van der Waals surface area contributed by atoms with Gasteiger partial charge in [0.2, 0.25) is 11.5 Å². The smallest absolute Gasteiger partial charge is 0.207 e. The Morgan fingerprint density at radius 1 is 0.349 bits per heavy atom. The lowest BCUT2D eigenvalue weighted by Crippen LogP contribution is -1.98. The van der Waals surface area contributed by atoms with Crippen LogP contribution in [-0.2, 0) is 6.42 Å². The Kier molecular flexibility index (Phi) is 30.1. The number of allylic oxidation sites excluding steroid dienone is 20. The first-order valence-corrected chi connectivity index (χ1v) is 24.2. The van der Waals surface area contributed by atoms with E-state index < -0.39 is 0 Å². The van der Waals surface area contributed by atoms with E-state index in [0.717, 1.165) is 96.3 Å². The lowest BCUT2D eigenvalue weighted by atomic mass is 9.99. The van der Waals surface area contributed by atoms with Gasteiger partial charge in [-0.2, -0.15) is 0 Å². The lowest BCUT2D eigenvalue weighted by Gasteiger charge is -2.17. The molecule has 0 spiro atoms. The van der Waals surface area contributed by atoms with Crippen LogP contribution in [0.15, 0.2) is 116 Å². The van der Waals surface area contributed by atoms with Crippen molar-refractivity contribution in [1.29, 1.82) is 0 Å². The summed E-state index contributed by atoms with van der Waals surface area (Å²) in [5.74, 6) is 0.356. The van der Waals surface area contributed by atoms with E-state index in [9.17, 15) is 10.2 Å². The zero-order valence-electron chi connectivity index (χ0n) is 42.9. The Morgan fingerprint density at radius 2 is 0.571 bits per heavy atom. The van der Waals surface area contributed by atoms with Crippen LogP contribution < -0.4 is 9.47 Å². The highest BCUT2D eigenvalue weighted by molar-refractivity contribution is 5.66. The molecule has 0 bridgehead atoms. The zero-order chi connectivity index (χ0) is 47.2. The van der Waals surface area contributed by atoms with Gasteiger partial charge in [-0.25, -0.2) is 0 Å². The molecule has 0 atom stereocenters. The molecule has 1 aromatic carbocycles. The molecule has 0 amide bonds. The molecule has 0 aliphatic rings. The third-order valence-corrected chi connectivity index (χ3v) is 12.1. The fraction of sp³-hybridized carbons (Fsp3) is 0.559.